The Kier molecular flexibility index (Phi) is 4.80. The average molecular weight is 388 g/mol. The number of rotatable bonds is 5. The van der Waals surface area contributed by atoms with Crippen molar-refractivity contribution in [2.24, 2.45) is 0 Å². The van der Waals surface area contributed by atoms with E-state index < -0.39 is 0 Å². The summed E-state index contributed by atoms with van der Waals surface area (Å²) in [7, 11) is 5.68. The van der Waals surface area contributed by atoms with Gasteiger partial charge >= 0.3 is 0 Å². The zero-order valence-electron chi connectivity index (χ0n) is 17.0. The highest BCUT2D eigenvalue weighted by Crippen LogP contribution is 2.24. The predicted molar refractivity (Wildman–Crippen MR) is 117 cm³/mol. The molecule has 1 unspecified atom stereocenters. The molecule has 0 bridgehead atoms. The van der Waals surface area contributed by atoms with Crippen molar-refractivity contribution < 1.29 is 4.79 Å². The fourth-order valence-electron chi connectivity index (χ4n) is 3.34. The second kappa shape index (κ2) is 7.43. The van der Waals surface area contributed by atoms with Crippen molar-refractivity contribution in [2.75, 3.05) is 26.0 Å². The van der Waals surface area contributed by atoms with Crippen LogP contribution in [-0.2, 0) is 4.79 Å². The number of pyridine rings is 1. The second-order valence-corrected chi connectivity index (χ2v) is 7.38. The third-order valence-electron chi connectivity index (χ3n) is 5.19. The summed E-state index contributed by atoms with van der Waals surface area (Å²) < 4.78 is 0. The lowest BCUT2D eigenvalue weighted by atomic mass is 10.2. The topological polar surface area (TPSA) is 80.9 Å². The smallest absolute Gasteiger partial charge is 0.246 e. The van der Waals surface area contributed by atoms with Gasteiger partial charge in [0.2, 0.25) is 5.91 Å². The van der Waals surface area contributed by atoms with Gasteiger partial charge in [0, 0.05) is 44.6 Å². The molecular formula is C22H24N6O. The molecule has 2 N–H and O–H groups in total. The number of para-hydroxylation sites is 1. The molecule has 1 aromatic carbocycles. The molecule has 1 amide bonds. The molecule has 148 valence electrons. The average Bonchev–Trinajstić information content (AvgIpc) is 3.34. The van der Waals surface area contributed by atoms with Gasteiger partial charge in [-0.05, 0) is 42.1 Å². The first-order chi connectivity index (χ1) is 13.9. The highest BCUT2D eigenvalue weighted by molar-refractivity contribution is 5.94. The quantitative estimate of drug-likeness (QED) is 0.511. The van der Waals surface area contributed by atoms with Crippen molar-refractivity contribution in [3.8, 4) is 0 Å². The zero-order valence-corrected chi connectivity index (χ0v) is 17.0. The van der Waals surface area contributed by atoms with E-state index >= 15 is 0 Å². The predicted octanol–water partition coefficient (Wildman–Crippen LogP) is 3.74. The van der Waals surface area contributed by atoms with Crippen molar-refractivity contribution in [3.05, 3.63) is 59.9 Å². The maximum atomic E-state index is 12.7. The lowest BCUT2D eigenvalue weighted by Gasteiger charge is -2.22. The summed E-state index contributed by atoms with van der Waals surface area (Å²) in [5.74, 6) is 0.745. The van der Waals surface area contributed by atoms with Crippen molar-refractivity contribution in [2.45, 2.75) is 13.0 Å². The maximum absolute atomic E-state index is 12.7. The molecule has 4 rings (SSSR count). The summed E-state index contributed by atoms with van der Waals surface area (Å²) in [6, 6.07) is 12.1. The minimum atomic E-state index is -0.0747. The van der Waals surface area contributed by atoms with Gasteiger partial charge in [-0.3, -0.25) is 9.89 Å². The zero-order chi connectivity index (χ0) is 20.5. The van der Waals surface area contributed by atoms with Crippen LogP contribution in [0.3, 0.4) is 0 Å². The minimum Gasteiger partial charge on any atom is -0.361 e. The minimum absolute atomic E-state index is 0.0729. The van der Waals surface area contributed by atoms with Gasteiger partial charge in [-0.15, -0.1) is 0 Å². The number of benzene rings is 1. The van der Waals surface area contributed by atoms with Crippen LogP contribution in [0.15, 0.2) is 48.7 Å². The number of carbonyl (C=O) groups excluding carboxylic acids is 1. The molecule has 0 saturated heterocycles. The van der Waals surface area contributed by atoms with Gasteiger partial charge in [0.05, 0.1) is 11.4 Å². The number of likely N-dealkylation sites (N-methyl/N-ethyl adjacent to an activating group) is 1. The van der Waals surface area contributed by atoms with Gasteiger partial charge in [0.15, 0.2) is 11.5 Å². The number of hydrogen-bond acceptors (Lipinski definition) is 4. The fraction of sp³-hybridized carbons (Fsp3) is 0.227. The van der Waals surface area contributed by atoms with Crippen LogP contribution in [0, 0.1) is 0 Å². The van der Waals surface area contributed by atoms with Crippen molar-refractivity contribution in [1.82, 2.24) is 25.1 Å². The molecule has 1 atom stereocenters. The van der Waals surface area contributed by atoms with Gasteiger partial charge in [0.25, 0.3) is 0 Å². The van der Waals surface area contributed by atoms with Gasteiger partial charge < -0.3 is 14.8 Å². The van der Waals surface area contributed by atoms with Crippen molar-refractivity contribution in [3.63, 3.8) is 0 Å². The molecule has 0 aliphatic carbocycles. The second-order valence-electron chi connectivity index (χ2n) is 7.38. The molecule has 0 aliphatic rings. The summed E-state index contributed by atoms with van der Waals surface area (Å²) in [5.41, 5.74) is 3.65. The van der Waals surface area contributed by atoms with Crippen LogP contribution in [0.1, 0.15) is 24.2 Å². The molecule has 7 heteroatoms. The van der Waals surface area contributed by atoms with Crippen molar-refractivity contribution >= 4 is 39.7 Å². The maximum Gasteiger partial charge on any atom is 0.246 e. The molecule has 7 nitrogen and oxygen atoms in total. The molecule has 0 radical (unpaired) electrons. The fourth-order valence-corrected chi connectivity index (χ4v) is 3.34. The number of carbonyl (C=O) groups is 1. The van der Waals surface area contributed by atoms with Crippen LogP contribution in [0.2, 0.25) is 0 Å². The summed E-state index contributed by atoms with van der Waals surface area (Å²) in [4.78, 5) is 24.1. The number of nitrogens with one attached hydrogen (secondary N) is 2. The Labute approximate surface area is 169 Å². The van der Waals surface area contributed by atoms with Crippen LogP contribution < -0.4 is 4.90 Å². The van der Waals surface area contributed by atoms with Crippen LogP contribution >= 0.6 is 0 Å². The number of amides is 1. The van der Waals surface area contributed by atoms with E-state index in [0.717, 1.165) is 39.0 Å². The first kappa shape index (κ1) is 18.7. The van der Waals surface area contributed by atoms with E-state index in [4.69, 9.17) is 0 Å². The van der Waals surface area contributed by atoms with E-state index in [1.807, 2.05) is 57.2 Å². The van der Waals surface area contributed by atoms with Crippen molar-refractivity contribution in [1.29, 1.82) is 0 Å². The van der Waals surface area contributed by atoms with Crippen LogP contribution in [-0.4, -0.2) is 52.1 Å². The Balaban J connectivity index is 1.52. The van der Waals surface area contributed by atoms with Gasteiger partial charge in [-0.1, -0.05) is 18.2 Å². The van der Waals surface area contributed by atoms with E-state index in [2.05, 4.69) is 32.3 Å². The standard InChI is InChI=1S/C22H24N6O/c1-14(19-12-16-7-5-6-8-18(16)24-19)28(4)20(29)10-9-15-11-17-21(23-13-15)25-26-22(17)27(2)3/h5-14,24H,1-4H3,(H,23,25,26). The number of fused-ring (bicyclic) bond motifs is 2. The highest BCUT2D eigenvalue weighted by atomic mass is 16.2. The van der Waals surface area contributed by atoms with Gasteiger partial charge in [-0.2, -0.15) is 5.10 Å². The molecule has 0 saturated carbocycles. The molecule has 0 spiro atoms. The summed E-state index contributed by atoms with van der Waals surface area (Å²) >= 11 is 0. The van der Waals surface area contributed by atoms with Crippen LogP contribution in [0.25, 0.3) is 28.0 Å². The number of anilines is 1. The SMILES string of the molecule is CC(c1cc2ccccc2[nH]1)N(C)C(=O)C=Cc1cnc2[nH]nc(N(C)C)c2c1. The molecular weight excluding hydrogens is 364 g/mol. The Morgan fingerprint density at radius 2 is 1.97 bits per heavy atom. The van der Waals surface area contributed by atoms with Gasteiger partial charge in [0.1, 0.15) is 0 Å². The van der Waals surface area contributed by atoms with E-state index in [9.17, 15) is 4.79 Å². The number of hydrogen-bond donors (Lipinski definition) is 2. The van der Waals surface area contributed by atoms with Crippen LogP contribution in [0.4, 0.5) is 5.82 Å². The molecule has 0 fully saturated rings. The van der Waals surface area contributed by atoms with E-state index in [-0.39, 0.29) is 11.9 Å². The Morgan fingerprint density at radius 1 is 1.17 bits per heavy atom. The molecule has 29 heavy (non-hydrogen) atoms. The van der Waals surface area contributed by atoms with Crippen LogP contribution in [0.5, 0.6) is 0 Å². The lowest BCUT2D eigenvalue weighted by molar-refractivity contribution is -0.126. The first-order valence-corrected chi connectivity index (χ1v) is 9.48. The number of aromatic amines is 2. The number of H-pyrrole nitrogens is 2. The third-order valence-corrected chi connectivity index (χ3v) is 5.19. The highest BCUT2D eigenvalue weighted by Gasteiger charge is 2.17. The monoisotopic (exact) mass is 388 g/mol. The summed E-state index contributed by atoms with van der Waals surface area (Å²) in [5, 5.41) is 9.25. The van der Waals surface area contributed by atoms with E-state index in [1.165, 1.54) is 0 Å². The third kappa shape index (κ3) is 3.59. The Hall–Kier alpha value is -3.61. The molecule has 0 aliphatic heterocycles. The van der Waals surface area contributed by atoms with E-state index in [0.29, 0.717) is 0 Å². The first-order valence-electron chi connectivity index (χ1n) is 9.48. The Morgan fingerprint density at radius 3 is 2.72 bits per heavy atom. The molecule has 3 heterocycles. The van der Waals surface area contributed by atoms with E-state index in [1.54, 1.807) is 23.2 Å². The number of nitrogens with zero attached hydrogens (tertiary/aromatic N) is 4. The summed E-state index contributed by atoms with van der Waals surface area (Å²) in [6.07, 6.45) is 5.10. The molecule has 3 aromatic heterocycles. The lowest BCUT2D eigenvalue weighted by Crippen LogP contribution is -2.28. The Bertz CT molecular complexity index is 1170. The summed E-state index contributed by atoms with van der Waals surface area (Å²) in [6.45, 7) is 2.01. The van der Waals surface area contributed by atoms with Gasteiger partial charge in [-0.25, -0.2) is 4.98 Å². The normalized spacial score (nSPS) is 12.7. The largest absolute Gasteiger partial charge is 0.361 e. The number of aromatic nitrogens is 4. The molecule has 4 aromatic rings.